The van der Waals surface area contributed by atoms with Crippen LogP contribution in [-0.2, 0) is 58.8 Å². The topological polar surface area (TPSA) is 184 Å². The number of methoxy groups -OCH3 is 3. The van der Waals surface area contributed by atoms with Gasteiger partial charge in [-0.1, -0.05) is 101 Å². The highest BCUT2D eigenvalue weighted by molar-refractivity contribution is 6.39. The van der Waals surface area contributed by atoms with Gasteiger partial charge in [0, 0.05) is 65.1 Å². The first-order chi connectivity index (χ1) is 35.3. The van der Waals surface area contributed by atoms with E-state index in [0.29, 0.717) is 57.1 Å². The number of rotatable bonds is 11. The third-order valence-electron chi connectivity index (χ3n) is 16.2. The first-order valence-electron chi connectivity index (χ1n) is 27.5. The van der Waals surface area contributed by atoms with E-state index in [4.69, 9.17) is 28.4 Å². The van der Waals surface area contributed by atoms with Gasteiger partial charge in [-0.2, -0.15) is 0 Å². The Kier molecular flexibility index (Phi) is 24.1. The molecular formula is C60H89NO13. The molecule has 1 unspecified atom stereocenters. The number of fused-ring (bicyclic) bond motifs is 3. The minimum absolute atomic E-state index is 0.0190. The largest absolute Gasteiger partial charge is 0.460 e. The molecule has 2 saturated heterocycles. The maximum atomic E-state index is 14.6. The third kappa shape index (κ3) is 16.7. The van der Waals surface area contributed by atoms with Gasteiger partial charge in [-0.15, -0.1) is 0 Å². The van der Waals surface area contributed by atoms with Gasteiger partial charge in [0.1, 0.15) is 30.1 Å². The van der Waals surface area contributed by atoms with Gasteiger partial charge in [-0.3, -0.25) is 19.2 Å². The maximum Gasteiger partial charge on any atom is 0.329 e. The van der Waals surface area contributed by atoms with Crippen LogP contribution in [0.4, 0.5) is 0 Å². The molecule has 2 bridgehead atoms. The molecule has 74 heavy (non-hydrogen) atoms. The fourth-order valence-corrected chi connectivity index (χ4v) is 11.4. The number of Topliss-reactive ketones (excluding diaryl/α,β-unsaturated/α-hetero) is 3. The van der Waals surface area contributed by atoms with Gasteiger partial charge in [0.05, 0.1) is 24.4 Å². The number of carbonyl (C=O) groups is 5. The fraction of sp³-hybridized carbons (Fsp3) is 0.683. The van der Waals surface area contributed by atoms with E-state index >= 15 is 0 Å². The number of nitrogens with zero attached hydrogens (tertiary/aromatic N) is 1. The summed E-state index contributed by atoms with van der Waals surface area (Å²) in [5.74, 6) is -7.80. The number of amides is 1. The summed E-state index contributed by atoms with van der Waals surface area (Å²) >= 11 is 0. The number of benzene rings is 1. The zero-order chi connectivity index (χ0) is 54.1. The lowest BCUT2D eigenvalue weighted by Gasteiger charge is -2.42. The molecule has 3 heterocycles. The predicted molar refractivity (Wildman–Crippen MR) is 284 cm³/mol. The quantitative estimate of drug-likeness (QED) is 0.0929. The summed E-state index contributed by atoms with van der Waals surface area (Å²) in [7, 11) is 4.68. The summed E-state index contributed by atoms with van der Waals surface area (Å²) in [5.41, 5.74) is 2.55. The Balaban J connectivity index is 1.41. The first-order valence-corrected chi connectivity index (χ1v) is 27.5. The normalized spacial score (nSPS) is 35.8. The van der Waals surface area contributed by atoms with Crippen molar-refractivity contribution in [2.24, 2.45) is 35.5 Å². The minimum Gasteiger partial charge on any atom is -0.460 e. The van der Waals surface area contributed by atoms with Crippen LogP contribution in [0.15, 0.2) is 77.9 Å². The molecule has 1 amide bonds. The number of aryl methyl sites for hydroxylation is 1. The minimum atomic E-state index is -2.43. The van der Waals surface area contributed by atoms with Crippen LogP contribution in [0, 0.1) is 35.5 Å². The van der Waals surface area contributed by atoms with Crippen molar-refractivity contribution >= 4 is 29.2 Å². The number of carbonyl (C=O) groups excluding carboxylic acids is 5. The van der Waals surface area contributed by atoms with E-state index < -0.39 is 77.8 Å². The van der Waals surface area contributed by atoms with Crippen LogP contribution in [-0.4, -0.2) is 133 Å². The molecule has 14 nitrogen and oxygen atoms in total. The van der Waals surface area contributed by atoms with Crippen molar-refractivity contribution in [2.75, 3.05) is 34.5 Å². The number of hydrogen-bond donors (Lipinski definition) is 2. The molecule has 0 radical (unpaired) electrons. The highest BCUT2D eigenvalue weighted by atomic mass is 16.6. The molecule has 1 saturated carbocycles. The first kappa shape index (κ1) is 60.7. The summed E-state index contributed by atoms with van der Waals surface area (Å²) < 4.78 is 36.4. The Morgan fingerprint density at radius 1 is 0.824 bits per heavy atom. The van der Waals surface area contributed by atoms with E-state index in [1.807, 2.05) is 76.3 Å². The van der Waals surface area contributed by atoms with Gasteiger partial charge >= 0.3 is 5.97 Å². The average molecular weight is 1030 g/mol. The lowest BCUT2D eigenvalue weighted by molar-refractivity contribution is -0.265. The molecule has 4 aliphatic rings. The van der Waals surface area contributed by atoms with Crippen LogP contribution in [0.3, 0.4) is 0 Å². The van der Waals surface area contributed by atoms with Gasteiger partial charge < -0.3 is 43.5 Å². The summed E-state index contributed by atoms with van der Waals surface area (Å²) in [6.45, 7) is 13.5. The smallest absolute Gasteiger partial charge is 0.329 e. The van der Waals surface area contributed by atoms with Crippen LogP contribution in [0.25, 0.3) is 0 Å². The van der Waals surface area contributed by atoms with E-state index in [0.717, 1.165) is 37.7 Å². The van der Waals surface area contributed by atoms with Crippen LogP contribution in [0.1, 0.15) is 138 Å². The van der Waals surface area contributed by atoms with Crippen molar-refractivity contribution in [3.8, 4) is 0 Å². The Bertz CT molecular complexity index is 2120. The summed E-state index contributed by atoms with van der Waals surface area (Å²) in [5, 5.41) is 23.6. The molecule has 0 aromatic heterocycles. The lowest BCUT2D eigenvalue weighted by Crippen LogP contribution is -2.61. The number of hydrogen-bond acceptors (Lipinski definition) is 13. The monoisotopic (exact) mass is 1030 g/mol. The number of esters is 1. The Morgan fingerprint density at radius 2 is 1.57 bits per heavy atom. The van der Waals surface area contributed by atoms with Gasteiger partial charge in [0.25, 0.3) is 11.7 Å². The van der Waals surface area contributed by atoms with E-state index in [1.54, 1.807) is 41.1 Å². The van der Waals surface area contributed by atoms with Gasteiger partial charge in [0.2, 0.25) is 5.79 Å². The molecule has 2 N–H and O–H groups in total. The standard InChI is InChI=1S/C60H89NO13/c1-38-20-13-11-14-21-39(2)51(69-8)36-47-28-26-44(7)60(68,74-47)57(65)58(66)61-30-18-17-25-48(61)59(67)73-52(37-49(62)40(3)33-43(6)55(64)56(71-10)54(63)42(5)32-38)41(4)34-46-27-29-50(53(35-46)70-9)72-31-19-24-45-22-15-12-16-23-45/h11-16,20-23,33,38,40-42,44,46-48,50-53,55-56,64,68H,17-19,24-32,34-37H2,1-10H3/b14-11?,20-13+,39-21?,43-33+/t38-,40-,41?,42-,44-,46+,47+,48+,50-,51+,52+,53-,55-,56+,60-/m1/s1. The van der Waals surface area contributed by atoms with Gasteiger partial charge in [-0.05, 0) is 125 Å². The fourth-order valence-electron chi connectivity index (χ4n) is 11.4. The Morgan fingerprint density at radius 3 is 2.27 bits per heavy atom. The molecule has 14 heteroatoms. The number of ether oxygens (including phenoxy) is 6. The van der Waals surface area contributed by atoms with E-state index in [1.165, 1.54) is 17.6 Å². The molecule has 1 aliphatic carbocycles. The van der Waals surface area contributed by atoms with E-state index in [2.05, 4.69) is 12.1 Å². The molecule has 0 spiro atoms. The summed E-state index contributed by atoms with van der Waals surface area (Å²) in [6, 6.07) is 9.19. The molecular weight excluding hydrogens is 943 g/mol. The zero-order valence-electron chi connectivity index (χ0n) is 46.1. The van der Waals surface area contributed by atoms with Crippen LogP contribution in [0.2, 0.25) is 0 Å². The molecule has 3 fully saturated rings. The highest BCUT2D eigenvalue weighted by Crippen LogP contribution is 2.38. The molecule has 5 rings (SSSR count). The second-order valence-electron chi connectivity index (χ2n) is 22.0. The van der Waals surface area contributed by atoms with Crippen LogP contribution in [0.5, 0.6) is 0 Å². The number of cyclic esters (lactones) is 1. The van der Waals surface area contributed by atoms with Crippen LogP contribution >= 0.6 is 0 Å². The number of piperidine rings is 1. The molecule has 3 aliphatic heterocycles. The van der Waals surface area contributed by atoms with Gasteiger partial charge in [-0.25, -0.2) is 4.79 Å². The summed E-state index contributed by atoms with van der Waals surface area (Å²) in [4.78, 5) is 72.7. The number of allylic oxidation sites excluding steroid dienone is 6. The molecule has 412 valence electrons. The number of aliphatic hydroxyl groups is 2. The van der Waals surface area contributed by atoms with E-state index in [9.17, 15) is 34.2 Å². The average Bonchev–Trinajstić information content (AvgIpc) is 3.39. The second-order valence-corrected chi connectivity index (χ2v) is 22.0. The lowest BCUT2D eigenvalue weighted by atomic mass is 9.78. The summed E-state index contributed by atoms with van der Waals surface area (Å²) in [6.07, 6.45) is 14.4. The van der Waals surface area contributed by atoms with Crippen LogP contribution < -0.4 is 0 Å². The number of ketones is 3. The second kappa shape index (κ2) is 29.4. The number of aliphatic hydroxyl groups excluding tert-OH is 1. The van der Waals surface area contributed by atoms with Crippen molar-refractivity contribution in [3.63, 3.8) is 0 Å². The molecule has 1 aromatic rings. The Labute approximate surface area is 441 Å². The van der Waals surface area contributed by atoms with Crippen molar-refractivity contribution in [3.05, 3.63) is 83.5 Å². The maximum absolute atomic E-state index is 14.6. The van der Waals surface area contributed by atoms with E-state index in [-0.39, 0.29) is 60.9 Å². The third-order valence-corrected chi connectivity index (χ3v) is 16.2. The molecule has 15 atom stereocenters. The van der Waals surface area contributed by atoms with Crippen molar-refractivity contribution in [1.82, 2.24) is 4.90 Å². The highest BCUT2D eigenvalue weighted by Gasteiger charge is 2.53. The SMILES string of the molecule is CO[C@H]1C[C@@H]2CC[C@@H](C)[C@@](O)(O2)C(=O)C(=O)N2CCCC[C@H]2C(=O)O[C@H](C(C)C[C@@H]2CC[C@@H](OCCCc3ccccc3)[C@H](OC)C2)CC(=O)[C@H](C)/C=C(\C)[C@@H](O)[C@@H](OC)C(=O)[C@H](C)C[C@H](C)/C=C/C=CC=C1C. The Hall–Kier alpha value is -4.15. The predicted octanol–water partition coefficient (Wildman–Crippen LogP) is 8.84. The van der Waals surface area contributed by atoms with Crippen molar-refractivity contribution < 1.29 is 62.6 Å². The zero-order valence-corrected chi connectivity index (χ0v) is 46.1. The van der Waals surface area contributed by atoms with Crippen molar-refractivity contribution in [1.29, 1.82) is 0 Å². The van der Waals surface area contributed by atoms with Gasteiger partial charge in [0.15, 0.2) is 5.78 Å². The van der Waals surface area contributed by atoms with Crippen molar-refractivity contribution in [2.45, 2.75) is 193 Å². The molecule has 1 aromatic carbocycles.